The van der Waals surface area contributed by atoms with Crippen molar-refractivity contribution in [3.63, 3.8) is 0 Å². The van der Waals surface area contributed by atoms with Gasteiger partial charge < -0.3 is 14.5 Å². The quantitative estimate of drug-likeness (QED) is 0.280. The van der Waals surface area contributed by atoms with Gasteiger partial charge in [0.2, 0.25) is 5.91 Å². The summed E-state index contributed by atoms with van der Waals surface area (Å²) in [5.41, 5.74) is 2.22. The summed E-state index contributed by atoms with van der Waals surface area (Å²) in [6.07, 6.45) is 5.04. The average molecular weight is 479 g/mol. The van der Waals surface area contributed by atoms with Crippen LogP contribution in [0, 0.1) is 10.1 Å². The summed E-state index contributed by atoms with van der Waals surface area (Å²) in [6.45, 7) is 2.35. The van der Waals surface area contributed by atoms with Gasteiger partial charge in [-0.3, -0.25) is 19.9 Å². The molecule has 0 radical (unpaired) electrons. The lowest BCUT2D eigenvalue weighted by atomic mass is 10.2. The highest BCUT2D eigenvalue weighted by molar-refractivity contribution is 6.30. The fraction of sp³-hybridized carbons (Fsp3) is 0.200. The summed E-state index contributed by atoms with van der Waals surface area (Å²) in [4.78, 5) is 31.4. The summed E-state index contributed by atoms with van der Waals surface area (Å²) in [6, 6.07) is 17.8. The number of benzene rings is 2. The van der Waals surface area contributed by atoms with E-state index in [9.17, 15) is 14.9 Å². The molecular weight excluding hydrogens is 456 g/mol. The minimum absolute atomic E-state index is 0.0281. The lowest BCUT2D eigenvalue weighted by Crippen LogP contribution is -2.48. The van der Waals surface area contributed by atoms with Gasteiger partial charge in [0.25, 0.3) is 5.69 Å². The summed E-state index contributed by atoms with van der Waals surface area (Å²) >= 11 is 5.91. The molecule has 1 aliphatic rings. The van der Waals surface area contributed by atoms with Crippen molar-refractivity contribution in [3.8, 4) is 5.75 Å². The molecule has 9 heteroatoms. The van der Waals surface area contributed by atoms with Gasteiger partial charge in [-0.05, 0) is 48.0 Å². The fourth-order valence-corrected chi connectivity index (χ4v) is 3.83. The molecule has 2 aromatic carbocycles. The first-order chi connectivity index (χ1) is 16.5. The highest BCUT2D eigenvalue weighted by Crippen LogP contribution is 2.31. The minimum atomic E-state index is -0.434. The van der Waals surface area contributed by atoms with Crippen LogP contribution in [0.15, 0.2) is 72.9 Å². The molecule has 1 fully saturated rings. The topological polar surface area (TPSA) is 88.8 Å². The summed E-state index contributed by atoms with van der Waals surface area (Å²) in [5.74, 6) is 0.627. The van der Waals surface area contributed by atoms with Crippen LogP contribution in [0.1, 0.15) is 11.3 Å². The molecule has 8 nitrogen and oxygen atoms in total. The van der Waals surface area contributed by atoms with E-state index in [0.717, 1.165) is 17.0 Å². The van der Waals surface area contributed by atoms with E-state index >= 15 is 0 Å². The maximum absolute atomic E-state index is 12.6. The van der Waals surface area contributed by atoms with Crippen LogP contribution >= 0.6 is 11.6 Å². The number of piperazine rings is 1. The Bertz CT molecular complexity index is 1180. The van der Waals surface area contributed by atoms with Gasteiger partial charge >= 0.3 is 0 Å². The van der Waals surface area contributed by atoms with Crippen LogP contribution in [0.2, 0.25) is 5.02 Å². The number of hydrogen-bond acceptors (Lipinski definition) is 6. The maximum Gasteiger partial charge on any atom is 0.294 e. The monoisotopic (exact) mass is 478 g/mol. The normalized spacial score (nSPS) is 13.8. The number of aromatic nitrogens is 1. The lowest BCUT2D eigenvalue weighted by Gasteiger charge is -2.35. The molecule has 174 valence electrons. The molecule has 2 heterocycles. The Morgan fingerprint density at radius 3 is 2.53 bits per heavy atom. The smallest absolute Gasteiger partial charge is 0.294 e. The second-order valence-corrected chi connectivity index (χ2v) is 8.15. The predicted octanol–water partition coefficient (Wildman–Crippen LogP) is 4.58. The van der Waals surface area contributed by atoms with Crippen molar-refractivity contribution < 1.29 is 14.5 Å². The van der Waals surface area contributed by atoms with E-state index in [2.05, 4.69) is 4.98 Å². The van der Waals surface area contributed by atoms with Crippen LogP contribution < -0.4 is 9.64 Å². The molecule has 1 amide bonds. The largest absolute Gasteiger partial charge is 0.487 e. The van der Waals surface area contributed by atoms with Gasteiger partial charge in [0.05, 0.1) is 10.6 Å². The zero-order chi connectivity index (χ0) is 23.9. The summed E-state index contributed by atoms with van der Waals surface area (Å²) in [5, 5.41) is 11.7. The summed E-state index contributed by atoms with van der Waals surface area (Å²) in [7, 11) is 0. The van der Waals surface area contributed by atoms with Crippen molar-refractivity contribution in [2.24, 2.45) is 0 Å². The molecule has 34 heavy (non-hydrogen) atoms. The number of amides is 1. The SMILES string of the molecule is O=C(/C=C/c1ccc(OCc2ccccn2)cc1)N1CCN(c2ccc(Cl)cc2[N+](=O)[O-])CC1. The van der Waals surface area contributed by atoms with Crippen LogP contribution in [0.4, 0.5) is 11.4 Å². The van der Waals surface area contributed by atoms with Gasteiger partial charge in [-0.15, -0.1) is 0 Å². The fourth-order valence-electron chi connectivity index (χ4n) is 3.67. The maximum atomic E-state index is 12.6. The number of rotatable bonds is 7. The third-order valence-electron chi connectivity index (χ3n) is 5.48. The Morgan fingerprint density at radius 1 is 1.09 bits per heavy atom. The van der Waals surface area contributed by atoms with Crippen molar-refractivity contribution in [3.05, 3.63) is 99.3 Å². The third-order valence-corrected chi connectivity index (χ3v) is 5.71. The zero-order valence-corrected chi connectivity index (χ0v) is 19.1. The molecule has 0 aliphatic carbocycles. The number of ether oxygens (including phenoxy) is 1. The number of nitro benzene ring substituents is 1. The molecule has 0 unspecified atom stereocenters. The van der Waals surface area contributed by atoms with E-state index in [1.807, 2.05) is 47.4 Å². The van der Waals surface area contributed by atoms with Crippen molar-refractivity contribution in [2.45, 2.75) is 6.61 Å². The van der Waals surface area contributed by atoms with Crippen LogP contribution in [0.25, 0.3) is 6.08 Å². The van der Waals surface area contributed by atoms with E-state index in [1.165, 1.54) is 6.07 Å². The van der Waals surface area contributed by atoms with Crippen LogP contribution in [-0.2, 0) is 11.4 Å². The molecule has 0 spiro atoms. The number of anilines is 1. The van der Waals surface area contributed by atoms with Gasteiger partial charge in [-0.1, -0.05) is 29.8 Å². The number of carbonyl (C=O) groups is 1. The van der Waals surface area contributed by atoms with E-state index in [4.69, 9.17) is 16.3 Å². The van der Waals surface area contributed by atoms with Crippen LogP contribution in [0.5, 0.6) is 5.75 Å². The first-order valence-electron chi connectivity index (χ1n) is 10.8. The third kappa shape index (κ3) is 5.90. The molecule has 0 bridgehead atoms. The van der Waals surface area contributed by atoms with Crippen molar-refractivity contribution >= 4 is 35.0 Å². The standard InChI is InChI=1S/C25H23ClN4O4/c26-20-7-10-23(24(17-20)30(32)33)28-13-15-29(16-14-28)25(31)11-6-19-4-8-22(9-5-19)34-18-21-3-1-2-12-27-21/h1-12,17H,13-16,18H2/b11-6+. The lowest BCUT2D eigenvalue weighted by molar-refractivity contribution is -0.384. The molecule has 0 N–H and O–H groups in total. The molecule has 1 aromatic heterocycles. The Labute approximate surface area is 202 Å². The number of halogens is 1. The Hall–Kier alpha value is -3.91. The van der Waals surface area contributed by atoms with E-state index in [1.54, 1.807) is 35.4 Å². The molecular formula is C25H23ClN4O4. The number of nitro groups is 1. The molecule has 1 aliphatic heterocycles. The van der Waals surface area contributed by atoms with Crippen LogP contribution in [-0.4, -0.2) is 46.9 Å². The predicted molar refractivity (Wildman–Crippen MR) is 131 cm³/mol. The first kappa shape index (κ1) is 23.3. The Morgan fingerprint density at radius 2 is 1.85 bits per heavy atom. The number of hydrogen-bond donors (Lipinski definition) is 0. The highest BCUT2D eigenvalue weighted by Gasteiger charge is 2.25. The highest BCUT2D eigenvalue weighted by atomic mass is 35.5. The molecule has 3 aromatic rings. The first-order valence-corrected chi connectivity index (χ1v) is 11.2. The van der Waals surface area contributed by atoms with E-state index < -0.39 is 4.92 Å². The number of carbonyl (C=O) groups excluding carboxylic acids is 1. The van der Waals surface area contributed by atoms with Gasteiger partial charge in [0.1, 0.15) is 18.0 Å². The van der Waals surface area contributed by atoms with Crippen molar-refractivity contribution in [2.75, 3.05) is 31.1 Å². The Kier molecular flexibility index (Phi) is 7.39. The van der Waals surface area contributed by atoms with E-state index in [0.29, 0.717) is 43.5 Å². The molecule has 0 saturated carbocycles. The second-order valence-electron chi connectivity index (χ2n) is 7.71. The van der Waals surface area contributed by atoms with Gasteiger partial charge in [-0.2, -0.15) is 0 Å². The number of pyridine rings is 1. The van der Waals surface area contributed by atoms with Gasteiger partial charge in [0.15, 0.2) is 0 Å². The minimum Gasteiger partial charge on any atom is -0.487 e. The van der Waals surface area contributed by atoms with Crippen molar-refractivity contribution in [1.29, 1.82) is 0 Å². The average Bonchev–Trinajstić information content (AvgIpc) is 2.87. The summed E-state index contributed by atoms with van der Waals surface area (Å²) < 4.78 is 5.73. The van der Waals surface area contributed by atoms with Crippen molar-refractivity contribution in [1.82, 2.24) is 9.88 Å². The number of nitrogens with zero attached hydrogens (tertiary/aromatic N) is 4. The van der Waals surface area contributed by atoms with Gasteiger partial charge in [-0.25, -0.2) is 0 Å². The molecule has 0 atom stereocenters. The molecule has 4 rings (SSSR count). The van der Waals surface area contributed by atoms with E-state index in [-0.39, 0.29) is 11.6 Å². The Balaban J connectivity index is 1.29. The zero-order valence-electron chi connectivity index (χ0n) is 18.3. The van der Waals surface area contributed by atoms with Crippen LogP contribution in [0.3, 0.4) is 0 Å². The van der Waals surface area contributed by atoms with Gasteiger partial charge in [0, 0.05) is 49.5 Å². The second kappa shape index (κ2) is 10.8. The molecule has 1 saturated heterocycles.